The SMILES string of the molecule is CC1CCCC(C)(C(=O)C(=O)N2C=CCC2C#N)C[C@@](C)(O)C1. The molecule has 0 aromatic heterocycles. The average Bonchev–Trinajstić information content (AvgIpc) is 2.91. The lowest BCUT2D eigenvalue weighted by molar-refractivity contribution is -0.151. The van der Waals surface area contributed by atoms with E-state index in [9.17, 15) is 14.7 Å². The van der Waals surface area contributed by atoms with Crippen LogP contribution in [0.25, 0.3) is 0 Å². The molecule has 0 spiro atoms. The quantitative estimate of drug-likeness (QED) is 0.793. The number of nitrogens with zero attached hydrogens (tertiary/aromatic N) is 2. The molecule has 1 heterocycles. The van der Waals surface area contributed by atoms with Crippen LogP contribution in [-0.4, -0.2) is 33.3 Å². The lowest BCUT2D eigenvalue weighted by Crippen LogP contribution is -2.48. The fourth-order valence-corrected chi connectivity index (χ4v) is 4.11. The molecule has 1 fully saturated rings. The van der Waals surface area contributed by atoms with E-state index in [4.69, 9.17) is 5.26 Å². The number of Topliss-reactive ketones (excluding diaryl/α,β-unsaturated/α-hetero) is 1. The van der Waals surface area contributed by atoms with Gasteiger partial charge in [0, 0.05) is 18.0 Å². The molecular formula is C18H26N2O3. The second-order valence-electron chi connectivity index (χ2n) is 7.74. The van der Waals surface area contributed by atoms with Gasteiger partial charge in [-0.3, -0.25) is 14.5 Å². The molecular weight excluding hydrogens is 292 g/mol. The van der Waals surface area contributed by atoms with E-state index in [0.717, 1.165) is 12.8 Å². The van der Waals surface area contributed by atoms with Crippen molar-refractivity contribution >= 4 is 11.7 Å². The van der Waals surface area contributed by atoms with Crippen LogP contribution in [0, 0.1) is 22.7 Å². The Bertz CT molecular complexity index is 561. The van der Waals surface area contributed by atoms with Crippen LogP contribution in [0.5, 0.6) is 0 Å². The van der Waals surface area contributed by atoms with Crippen LogP contribution in [0.2, 0.25) is 0 Å². The lowest BCUT2D eigenvalue weighted by atomic mass is 9.68. The Morgan fingerprint density at radius 3 is 2.74 bits per heavy atom. The zero-order valence-corrected chi connectivity index (χ0v) is 14.2. The zero-order chi connectivity index (χ0) is 17.3. The summed E-state index contributed by atoms with van der Waals surface area (Å²) in [6.07, 6.45) is 7.03. The highest BCUT2D eigenvalue weighted by Crippen LogP contribution is 2.41. The third-order valence-electron chi connectivity index (χ3n) is 5.07. The van der Waals surface area contributed by atoms with Crippen molar-refractivity contribution in [3.63, 3.8) is 0 Å². The summed E-state index contributed by atoms with van der Waals surface area (Å²) in [5.41, 5.74) is -1.84. The first-order valence-electron chi connectivity index (χ1n) is 8.34. The number of aliphatic hydroxyl groups is 1. The van der Waals surface area contributed by atoms with Crippen LogP contribution >= 0.6 is 0 Å². The minimum absolute atomic E-state index is 0.281. The molecule has 0 aromatic rings. The maximum Gasteiger partial charge on any atom is 0.295 e. The number of nitriles is 1. The van der Waals surface area contributed by atoms with Gasteiger partial charge in [0.15, 0.2) is 0 Å². The zero-order valence-electron chi connectivity index (χ0n) is 14.2. The van der Waals surface area contributed by atoms with E-state index in [2.05, 4.69) is 13.0 Å². The van der Waals surface area contributed by atoms with Gasteiger partial charge in [0.25, 0.3) is 5.91 Å². The van der Waals surface area contributed by atoms with Crippen molar-refractivity contribution in [1.29, 1.82) is 5.26 Å². The minimum atomic E-state index is -0.958. The van der Waals surface area contributed by atoms with Crippen molar-refractivity contribution in [2.75, 3.05) is 0 Å². The van der Waals surface area contributed by atoms with Gasteiger partial charge in [-0.2, -0.15) is 5.26 Å². The average molecular weight is 318 g/mol. The van der Waals surface area contributed by atoms with E-state index in [1.807, 2.05) is 0 Å². The van der Waals surface area contributed by atoms with Gasteiger partial charge in [-0.1, -0.05) is 32.8 Å². The van der Waals surface area contributed by atoms with Crippen LogP contribution in [-0.2, 0) is 9.59 Å². The predicted molar refractivity (Wildman–Crippen MR) is 86.0 cm³/mol. The molecule has 3 unspecified atom stereocenters. The molecule has 0 aromatic carbocycles. The van der Waals surface area contributed by atoms with E-state index in [1.54, 1.807) is 19.9 Å². The van der Waals surface area contributed by atoms with Gasteiger partial charge in [-0.25, -0.2) is 0 Å². The van der Waals surface area contributed by atoms with Crippen molar-refractivity contribution in [2.24, 2.45) is 11.3 Å². The summed E-state index contributed by atoms with van der Waals surface area (Å²) in [6.45, 7) is 5.63. The number of carbonyl (C=O) groups excluding carboxylic acids is 2. The predicted octanol–water partition coefficient (Wildman–Crippen LogP) is 2.55. The number of amides is 1. The maximum atomic E-state index is 12.9. The number of carbonyl (C=O) groups is 2. The molecule has 0 saturated heterocycles. The smallest absolute Gasteiger partial charge is 0.295 e. The van der Waals surface area contributed by atoms with Crippen molar-refractivity contribution in [1.82, 2.24) is 4.90 Å². The Labute approximate surface area is 138 Å². The molecule has 1 amide bonds. The van der Waals surface area contributed by atoms with Gasteiger partial charge >= 0.3 is 0 Å². The normalized spacial score (nSPS) is 37.8. The molecule has 126 valence electrons. The lowest BCUT2D eigenvalue weighted by Gasteiger charge is -2.39. The van der Waals surface area contributed by atoms with E-state index < -0.39 is 28.7 Å². The summed E-state index contributed by atoms with van der Waals surface area (Å²) in [5.74, 6) is -0.707. The summed E-state index contributed by atoms with van der Waals surface area (Å²) < 4.78 is 0. The number of ketones is 1. The molecule has 4 atom stereocenters. The summed E-state index contributed by atoms with van der Waals surface area (Å²) >= 11 is 0. The summed E-state index contributed by atoms with van der Waals surface area (Å²) in [7, 11) is 0. The second-order valence-corrected chi connectivity index (χ2v) is 7.74. The fraction of sp³-hybridized carbons (Fsp3) is 0.722. The van der Waals surface area contributed by atoms with Crippen molar-refractivity contribution < 1.29 is 14.7 Å². The largest absolute Gasteiger partial charge is 0.390 e. The van der Waals surface area contributed by atoms with Crippen LogP contribution < -0.4 is 0 Å². The van der Waals surface area contributed by atoms with Gasteiger partial charge in [0.1, 0.15) is 6.04 Å². The molecule has 5 heteroatoms. The highest BCUT2D eigenvalue weighted by molar-refractivity contribution is 6.38. The van der Waals surface area contributed by atoms with Crippen LogP contribution in [0.4, 0.5) is 0 Å². The molecule has 1 aliphatic heterocycles. The van der Waals surface area contributed by atoms with Gasteiger partial charge in [-0.05, 0) is 32.1 Å². The van der Waals surface area contributed by atoms with Crippen molar-refractivity contribution in [3.8, 4) is 6.07 Å². The molecule has 5 nitrogen and oxygen atoms in total. The highest BCUT2D eigenvalue weighted by atomic mass is 16.3. The maximum absolute atomic E-state index is 12.9. The van der Waals surface area contributed by atoms with E-state index in [-0.39, 0.29) is 6.42 Å². The molecule has 1 N–H and O–H groups in total. The topological polar surface area (TPSA) is 81.4 Å². The molecule has 1 saturated carbocycles. The van der Waals surface area contributed by atoms with Gasteiger partial charge in [-0.15, -0.1) is 0 Å². The standard InChI is InChI=1S/C18H26N2O3/c1-13-6-4-8-17(2,12-18(3,23)10-13)15(21)16(22)20-9-5-7-14(20)11-19/h5,9,13-14,23H,4,6-8,10,12H2,1-3H3/t13?,14?,17?,18-/m0/s1. The Kier molecular flexibility index (Phi) is 4.95. The van der Waals surface area contributed by atoms with Crippen molar-refractivity contribution in [2.45, 2.75) is 70.9 Å². The Morgan fingerprint density at radius 1 is 1.39 bits per heavy atom. The van der Waals surface area contributed by atoms with Crippen molar-refractivity contribution in [3.05, 3.63) is 12.3 Å². The summed E-state index contributed by atoms with van der Waals surface area (Å²) in [5, 5.41) is 19.7. The van der Waals surface area contributed by atoms with E-state index in [1.165, 1.54) is 11.1 Å². The summed E-state index contributed by atoms with van der Waals surface area (Å²) in [4.78, 5) is 26.7. The van der Waals surface area contributed by atoms with Crippen LogP contribution in [0.1, 0.15) is 59.3 Å². The van der Waals surface area contributed by atoms with Crippen LogP contribution in [0.15, 0.2) is 12.3 Å². The number of rotatable bonds is 2. The number of hydrogen-bond donors (Lipinski definition) is 1. The second kappa shape index (κ2) is 6.45. The third-order valence-corrected chi connectivity index (χ3v) is 5.07. The van der Waals surface area contributed by atoms with Gasteiger partial charge < -0.3 is 5.11 Å². The summed E-state index contributed by atoms with van der Waals surface area (Å²) in [6, 6.07) is 1.46. The van der Waals surface area contributed by atoms with Gasteiger partial charge in [0.05, 0.1) is 11.7 Å². The molecule has 2 rings (SSSR count). The first-order chi connectivity index (χ1) is 10.7. The molecule has 0 radical (unpaired) electrons. The van der Waals surface area contributed by atoms with Gasteiger partial charge in [0.2, 0.25) is 5.78 Å². The Morgan fingerprint density at radius 2 is 2.09 bits per heavy atom. The molecule has 1 aliphatic carbocycles. The monoisotopic (exact) mass is 318 g/mol. The van der Waals surface area contributed by atoms with E-state index >= 15 is 0 Å². The molecule has 23 heavy (non-hydrogen) atoms. The number of hydrogen-bond acceptors (Lipinski definition) is 4. The van der Waals surface area contributed by atoms with Crippen LogP contribution in [0.3, 0.4) is 0 Å². The fourth-order valence-electron chi connectivity index (χ4n) is 4.11. The Hall–Kier alpha value is -1.67. The first kappa shape index (κ1) is 17.7. The minimum Gasteiger partial charge on any atom is -0.390 e. The Balaban J connectivity index is 2.20. The third kappa shape index (κ3) is 3.81. The first-order valence-corrected chi connectivity index (χ1v) is 8.34. The highest BCUT2D eigenvalue weighted by Gasteiger charge is 2.46. The molecule has 0 bridgehead atoms. The van der Waals surface area contributed by atoms with E-state index in [0.29, 0.717) is 25.2 Å². The molecule has 2 aliphatic rings.